The van der Waals surface area contributed by atoms with E-state index in [-0.39, 0.29) is 11.9 Å². The number of carbonyl (C=O) groups is 1. The zero-order valence-corrected chi connectivity index (χ0v) is 13.9. The second kappa shape index (κ2) is 6.29. The van der Waals surface area contributed by atoms with Gasteiger partial charge in [-0.05, 0) is 24.2 Å². The molecule has 24 heavy (non-hydrogen) atoms. The van der Waals surface area contributed by atoms with Crippen LogP contribution in [0.3, 0.4) is 0 Å². The van der Waals surface area contributed by atoms with E-state index >= 15 is 0 Å². The molecule has 0 radical (unpaired) electrons. The van der Waals surface area contributed by atoms with Crippen molar-refractivity contribution in [2.24, 2.45) is 0 Å². The molecule has 2 aromatic carbocycles. The highest BCUT2D eigenvalue weighted by atomic mass is 16.5. The number of fused-ring (bicyclic) bond motifs is 1. The lowest BCUT2D eigenvalue weighted by Gasteiger charge is -2.41. The molecule has 4 rings (SSSR count). The zero-order chi connectivity index (χ0) is 16.5. The Balaban J connectivity index is 1.56. The second-order valence-electron chi connectivity index (χ2n) is 6.64. The number of para-hydroxylation sites is 1. The Kier molecular flexibility index (Phi) is 3.98. The van der Waals surface area contributed by atoms with E-state index in [2.05, 4.69) is 24.1 Å². The van der Waals surface area contributed by atoms with Crippen molar-refractivity contribution in [3.8, 4) is 5.75 Å². The average Bonchev–Trinajstić information content (AvgIpc) is 3.06. The third-order valence-electron chi connectivity index (χ3n) is 4.97. The molecule has 2 aliphatic heterocycles. The predicted molar refractivity (Wildman–Crippen MR) is 93.0 cm³/mol. The average molecular weight is 322 g/mol. The molecular weight excluding hydrogens is 300 g/mol. The third kappa shape index (κ3) is 2.78. The first kappa shape index (κ1) is 15.2. The Morgan fingerprint density at radius 3 is 2.58 bits per heavy atom. The smallest absolute Gasteiger partial charge is 0.264 e. The van der Waals surface area contributed by atoms with Crippen LogP contribution in [0.25, 0.3) is 0 Å². The molecule has 0 N–H and O–H groups in total. The van der Waals surface area contributed by atoms with Crippen LogP contribution in [0, 0.1) is 0 Å². The Morgan fingerprint density at radius 1 is 1.04 bits per heavy atom. The van der Waals surface area contributed by atoms with Crippen molar-refractivity contribution in [2.45, 2.75) is 18.6 Å². The van der Waals surface area contributed by atoms with Gasteiger partial charge in [0.15, 0.2) is 6.10 Å². The van der Waals surface area contributed by atoms with Crippen LogP contribution in [0.4, 0.5) is 0 Å². The second-order valence-corrected chi connectivity index (χ2v) is 6.64. The van der Waals surface area contributed by atoms with Crippen molar-refractivity contribution >= 4 is 5.91 Å². The highest BCUT2D eigenvalue weighted by Gasteiger charge is 2.37. The van der Waals surface area contributed by atoms with E-state index in [1.165, 1.54) is 5.56 Å². The number of hydrogen-bond acceptors (Lipinski definition) is 3. The van der Waals surface area contributed by atoms with Crippen molar-refractivity contribution in [2.75, 3.05) is 26.7 Å². The molecule has 0 saturated carbocycles. The van der Waals surface area contributed by atoms with E-state index in [0.717, 1.165) is 30.9 Å². The Bertz CT molecular complexity index is 706. The largest absolute Gasteiger partial charge is 0.480 e. The lowest BCUT2D eigenvalue weighted by atomic mass is 10.0. The highest BCUT2D eigenvalue weighted by Crippen LogP contribution is 2.32. The minimum absolute atomic E-state index is 0.0877. The zero-order valence-electron chi connectivity index (χ0n) is 13.9. The molecule has 0 spiro atoms. The summed E-state index contributed by atoms with van der Waals surface area (Å²) in [7, 11) is 2.11. The fraction of sp³-hybridized carbons (Fsp3) is 0.350. The quantitative estimate of drug-likeness (QED) is 0.852. The van der Waals surface area contributed by atoms with Crippen LogP contribution in [0.5, 0.6) is 5.75 Å². The molecule has 0 aromatic heterocycles. The molecule has 2 atom stereocenters. The highest BCUT2D eigenvalue weighted by molar-refractivity contribution is 5.83. The summed E-state index contributed by atoms with van der Waals surface area (Å²) in [4.78, 5) is 17.4. The number of likely N-dealkylation sites (N-methyl/N-ethyl adjacent to an activating group) is 1. The van der Waals surface area contributed by atoms with Crippen LogP contribution in [0.15, 0.2) is 54.6 Å². The van der Waals surface area contributed by atoms with Gasteiger partial charge in [0.1, 0.15) is 5.75 Å². The number of benzene rings is 2. The number of carbonyl (C=O) groups excluding carboxylic acids is 1. The number of nitrogens with zero attached hydrogens (tertiary/aromatic N) is 2. The molecule has 124 valence electrons. The molecule has 0 bridgehead atoms. The van der Waals surface area contributed by atoms with Gasteiger partial charge in [0.05, 0.1) is 6.04 Å². The number of piperazine rings is 1. The summed E-state index contributed by atoms with van der Waals surface area (Å²) in [6.45, 7) is 2.50. The van der Waals surface area contributed by atoms with E-state index in [1.54, 1.807) is 0 Å². The fourth-order valence-corrected chi connectivity index (χ4v) is 3.65. The van der Waals surface area contributed by atoms with Gasteiger partial charge in [0.25, 0.3) is 5.91 Å². The lowest BCUT2D eigenvalue weighted by Crippen LogP contribution is -2.52. The SMILES string of the molecule is CN1CCN(C(=O)C2Cc3ccccc3O2)C(c2ccccc2)C1. The summed E-state index contributed by atoms with van der Waals surface area (Å²) in [5, 5.41) is 0. The molecule has 4 nitrogen and oxygen atoms in total. The van der Waals surface area contributed by atoms with Crippen LogP contribution >= 0.6 is 0 Å². The summed E-state index contributed by atoms with van der Waals surface area (Å²) in [6, 6.07) is 18.3. The summed E-state index contributed by atoms with van der Waals surface area (Å²) in [5.41, 5.74) is 2.31. The maximum atomic E-state index is 13.1. The lowest BCUT2D eigenvalue weighted by molar-refractivity contribution is -0.143. The van der Waals surface area contributed by atoms with Crippen LogP contribution in [-0.2, 0) is 11.2 Å². The molecule has 4 heteroatoms. The summed E-state index contributed by atoms with van der Waals surface area (Å²) >= 11 is 0. The Labute approximate surface area is 142 Å². The minimum Gasteiger partial charge on any atom is -0.480 e. The third-order valence-corrected chi connectivity index (χ3v) is 4.97. The normalized spacial score (nSPS) is 23.6. The van der Waals surface area contributed by atoms with E-state index < -0.39 is 6.10 Å². The number of amides is 1. The molecular formula is C20H22N2O2. The predicted octanol–water partition coefficient (Wildman–Crippen LogP) is 2.51. The molecule has 2 unspecified atom stereocenters. The number of rotatable bonds is 2. The topological polar surface area (TPSA) is 32.8 Å². The van der Waals surface area contributed by atoms with Crippen LogP contribution in [0.2, 0.25) is 0 Å². The van der Waals surface area contributed by atoms with Crippen molar-refractivity contribution < 1.29 is 9.53 Å². The molecule has 1 amide bonds. The van der Waals surface area contributed by atoms with E-state index in [4.69, 9.17) is 4.74 Å². The summed E-state index contributed by atoms with van der Waals surface area (Å²) in [5.74, 6) is 0.953. The fourth-order valence-electron chi connectivity index (χ4n) is 3.65. The van der Waals surface area contributed by atoms with Gasteiger partial charge in [-0.15, -0.1) is 0 Å². The van der Waals surface area contributed by atoms with Crippen molar-refractivity contribution in [3.05, 3.63) is 65.7 Å². The first-order chi connectivity index (χ1) is 11.7. The molecule has 0 aliphatic carbocycles. The van der Waals surface area contributed by atoms with Gasteiger partial charge in [0, 0.05) is 26.1 Å². The molecule has 1 saturated heterocycles. The van der Waals surface area contributed by atoms with Gasteiger partial charge in [-0.3, -0.25) is 4.79 Å². The van der Waals surface area contributed by atoms with Gasteiger partial charge < -0.3 is 14.5 Å². The minimum atomic E-state index is -0.392. The van der Waals surface area contributed by atoms with Crippen molar-refractivity contribution in [1.82, 2.24) is 9.80 Å². The molecule has 1 fully saturated rings. The van der Waals surface area contributed by atoms with Crippen LogP contribution in [-0.4, -0.2) is 48.5 Å². The van der Waals surface area contributed by atoms with Gasteiger partial charge in [-0.1, -0.05) is 48.5 Å². The van der Waals surface area contributed by atoms with Gasteiger partial charge in [-0.25, -0.2) is 0 Å². The van der Waals surface area contributed by atoms with Gasteiger partial charge in [-0.2, -0.15) is 0 Å². The molecule has 2 aliphatic rings. The first-order valence-electron chi connectivity index (χ1n) is 8.51. The standard InChI is InChI=1S/C20H22N2O2/c1-21-11-12-22(17(14-21)15-7-3-2-4-8-15)20(23)19-13-16-9-5-6-10-18(16)24-19/h2-10,17,19H,11-14H2,1H3. The monoisotopic (exact) mass is 322 g/mol. The number of ether oxygens (including phenoxy) is 1. The molecule has 2 aromatic rings. The van der Waals surface area contributed by atoms with E-state index in [1.807, 2.05) is 47.4 Å². The number of hydrogen-bond donors (Lipinski definition) is 0. The molecule has 2 heterocycles. The van der Waals surface area contributed by atoms with Gasteiger partial charge >= 0.3 is 0 Å². The Hall–Kier alpha value is -2.33. The Morgan fingerprint density at radius 2 is 1.79 bits per heavy atom. The summed E-state index contributed by atoms with van der Waals surface area (Å²) in [6.07, 6.45) is 0.278. The summed E-state index contributed by atoms with van der Waals surface area (Å²) < 4.78 is 5.93. The van der Waals surface area contributed by atoms with Crippen molar-refractivity contribution in [3.63, 3.8) is 0 Å². The van der Waals surface area contributed by atoms with Crippen LogP contribution < -0.4 is 4.74 Å². The maximum absolute atomic E-state index is 13.1. The van der Waals surface area contributed by atoms with Gasteiger partial charge in [0.2, 0.25) is 0 Å². The van der Waals surface area contributed by atoms with Crippen LogP contribution in [0.1, 0.15) is 17.2 Å². The maximum Gasteiger partial charge on any atom is 0.264 e. The van der Waals surface area contributed by atoms with Crippen molar-refractivity contribution in [1.29, 1.82) is 0 Å². The first-order valence-corrected chi connectivity index (χ1v) is 8.51. The van der Waals surface area contributed by atoms with E-state index in [0.29, 0.717) is 6.42 Å². The van der Waals surface area contributed by atoms with E-state index in [9.17, 15) is 4.79 Å².